The Bertz CT molecular complexity index is 833. The summed E-state index contributed by atoms with van der Waals surface area (Å²) in [4.78, 5) is 32.1. The SMILES string of the molecule is O=C(CCNC(=O)c1cccs1)OCc1nc(-c2cccnc2)no1. The third-order valence-electron chi connectivity index (χ3n) is 3.10. The monoisotopic (exact) mass is 358 g/mol. The van der Waals surface area contributed by atoms with Crippen molar-refractivity contribution in [1.29, 1.82) is 0 Å². The second-order valence-electron chi connectivity index (χ2n) is 4.90. The van der Waals surface area contributed by atoms with Gasteiger partial charge in [-0.05, 0) is 23.6 Å². The van der Waals surface area contributed by atoms with Crippen molar-refractivity contribution in [2.45, 2.75) is 13.0 Å². The summed E-state index contributed by atoms with van der Waals surface area (Å²) in [7, 11) is 0. The average Bonchev–Trinajstić information content (AvgIpc) is 3.32. The minimum absolute atomic E-state index is 0.0563. The van der Waals surface area contributed by atoms with Gasteiger partial charge in [-0.2, -0.15) is 4.98 Å². The standard InChI is InChI=1S/C16H14N4O4S/c21-14(5-7-18-16(22)12-4-2-8-25-12)23-10-13-19-15(20-24-13)11-3-1-6-17-9-11/h1-4,6,8-9H,5,7,10H2,(H,18,22). The Morgan fingerprint density at radius 1 is 1.28 bits per heavy atom. The van der Waals surface area contributed by atoms with E-state index < -0.39 is 5.97 Å². The lowest BCUT2D eigenvalue weighted by molar-refractivity contribution is -0.145. The maximum absolute atomic E-state index is 11.7. The molecule has 0 radical (unpaired) electrons. The molecule has 0 aromatic carbocycles. The fraction of sp³-hybridized carbons (Fsp3) is 0.188. The lowest BCUT2D eigenvalue weighted by Crippen LogP contribution is -2.25. The lowest BCUT2D eigenvalue weighted by Gasteiger charge is -2.03. The molecule has 0 atom stereocenters. The number of hydrogen-bond donors (Lipinski definition) is 1. The summed E-state index contributed by atoms with van der Waals surface area (Å²) < 4.78 is 10.1. The largest absolute Gasteiger partial charge is 0.456 e. The van der Waals surface area contributed by atoms with Crippen LogP contribution in [-0.2, 0) is 16.1 Å². The zero-order chi connectivity index (χ0) is 17.5. The smallest absolute Gasteiger partial charge is 0.308 e. The first-order chi connectivity index (χ1) is 12.2. The van der Waals surface area contributed by atoms with E-state index in [-0.39, 0.29) is 31.4 Å². The number of aromatic nitrogens is 3. The molecule has 0 saturated carbocycles. The van der Waals surface area contributed by atoms with Gasteiger partial charge in [0, 0.05) is 24.5 Å². The Kier molecular flexibility index (Phi) is 5.47. The normalized spacial score (nSPS) is 10.4. The molecule has 0 unspecified atom stereocenters. The van der Waals surface area contributed by atoms with Crippen LogP contribution in [0.15, 0.2) is 46.6 Å². The second-order valence-corrected chi connectivity index (χ2v) is 5.85. The molecule has 3 aromatic heterocycles. The van der Waals surface area contributed by atoms with Crippen molar-refractivity contribution in [2.24, 2.45) is 0 Å². The van der Waals surface area contributed by atoms with Crippen LogP contribution in [0.4, 0.5) is 0 Å². The molecule has 0 fully saturated rings. The van der Waals surface area contributed by atoms with Crippen LogP contribution >= 0.6 is 11.3 Å². The maximum Gasteiger partial charge on any atom is 0.308 e. The summed E-state index contributed by atoms with van der Waals surface area (Å²) in [5, 5.41) is 8.27. The first-order valence-corrected chi connectivity index (χ1v) is 8.30. The molecule has 9 heteroatoms. The molecule has 0 spiro atoms. The molecule has 0 bridgehead atoms. The summed E-state index contributed by atoms with van der Waals surface area (Å²) in [6.45, 7) is 0.0747. The van der Waals surface area contributed by atoms with Crippen LogP contribution in [0.2, 0.25) is 0 Å². The van der Waals surface area contributed by atoms with E-state index in [1.807, 2.05) is 5.38 Å². The number of carbonyl (C=O) groups is 2. The van der Waals surface area contributed by atoms with E-state index in [9.17, 15) is 9.59 Å². The Morgan fingerprint density at radius 2 is 2.20 bits per heavy atom. The van der Waals surface area contributed by atoms with Crippen LogP contribution in [0.25, 0.3) is 11.4 Å². The first kappa shape index (κ1) is 16.8. The van der Waals surface area contributed by atoms with Crippen LogP contribution in [0, 0.1) is 0 Å². The van der Waals surface area contributed by atoms with Gasteiger partial charge in [0.1, 0.15) is 0 Å². The molecular weight excluding hydrogens is 344 g/mol. The Balaban J connectivity index is 1.41. The summed E-state index contributed by atoms with van der Waals surface area (Å²) in [5.74, 6) is -0.106. The van der Waals surface area contributed by atoms with Crippen LogP contribution < -0.4 is 5.32 Å². The van der Waals surface area contributed by atoms with Crippen molar-refractivity contribution in [3.63, 3.8) is 0 Å². The van der Waals surface area contributed by atoms with E-state index in [0.717, 1.165) is 0 Å². The number of nitrogens with zero attached hydrogens (tertiary/aromatic N) is 3. The number of ether oxygens (including phenoxy) is 1. The molecule has 128 valence electrons. The Labute approximate surface area is 146 Å². The van der Waals surface area contributed by atoms with Crippen LogP contribution in [-0.4, -0.2) is 33.5 Å². The van der Waals surface area contributed by atoms with Gasteiger partial charge in [-0.3, -0.25) is 14.6 Å². The van der Waals surface area contributed by atoms with Crippen molar-refractivity contribution in [2.75, 3.05) is 6.54 Å². The van der Waals surface area contributed by atoms with Gasteiger partial charge in [0.2, 0.25) is 5.82 Å². The van der Waals surface area contributed by atoms with Gasteiger partial charge in [0.15, 0.2) is 6.61 Å². The molecule has 25 heavy (non-hydrogen) atoms. The molecule has 3 rings (SSSR count). The molecule has 0 aliphatic rings. The lowest BCUT2D eigenvalue weighted by atomic mass is 10.3. The molecule has 0 aliphatic carbocycles. The van der Waals surface area contributed by atoms with Gasteiger partial charge in [-0.25, -0.2) is 0 Å². The number of hydrogen-bond acceptors (Lipinski definition) is 8. The molecule has 0 aliphatic heterocycles. The van der Waals surface area contributed by atoms with Gasteiger partial charge in [-0.15, -0.1) is 11.3 Å². The number of esters is 1. The van der Waals surface area contributed by atoms with E-state index in [2.05, 4.69) is 20.4 Å². The highest BCUT2D eigenvalue weighted by atomic mass is 32.1. The maximum atomic E-state index is 11.7. The van der Waals surface area contributed by atoms with Gasteiger partial charge < -0.3 is 14.6 Å². The van der Waals surface area contributed by atoms with Crippen LogP contribution in [0.3, 0.4) is 0 Å². The summed E-state index contributed by atoms with van der Waals surface area (Å²) in [5.41, 5.74) is 0.708. The van der Waals surface area contributed by atoms with Gasteiger partial charge in [0.05, 0.1) is 11.3 Å². The van der Waals surface area contributed by atoms with Crippen LogP contribution in [0.1, 0.15) is 22.0 Å². The van der Waals surface area contributed by atoms with Crippen molar-refractivity contribution >= 4 is 23.2 Å². The number of pyridine rings is 1. The highest BCUT2D eigenvalue weighted by Gasteiger charge is 2.12. The van der Waals surface area contributed by atoms with Crippen molar-refractivity contribution in [3.05, 3.63) is 52.8 Å². The van der Waals surface area contributed by atoms with Gasteiger partial charge in [-0.1, -0.05) is 11.2 Å². The first-order valence-electron chi connectivity index (χ1n) is 7.42. The predicted molar refractivity (Wildman–Crippen MR) is 88.6 cm³/mol. The minimum atomic E-state index is -0.465. The summed E-state index contributed by atoms with van der Waals surface area (Å²) >= 11 is 1.34. The van der Waals surface area contributed by atoms with Crippen molar-refractivity contribution in [3.8, 4) is 11.4 Å². The van der Waals surface area contributed by atoms with Gasteiger partial charge in [0.25, 0.3) is 11.8 Å². The fourth-order valence-electron chi connectivity index (χ4n) is 1.91. The van der Waals surface area contributed by atoms with Gasteiger partial charge >= 0.3 is 5.97 Å². The number of rotatable bonds is 7. The topological polar surface area (TPSA) is 107 Å². The Morgan fingerprint density at radius 3 is 2.96 bits per heavy atom. The zero-order valence-corrected chi connectivity index (χ0v) is 13.9. The number of nitrogens with one attached hydrogen (secondary N) is 1. The third kappa shape index (κ3) is 4.70. The number of thiophene rings is 1. The molecule has 0 saturated heterocycles. The number of amides is 1. The minimum Gasteiger partial charge on any atom is -0.456 e. The predicted octanol–water partition coefficient (Wildman–Crippen LogP) is 2.06. The second kappa shape index (κ2) is 8.15. The molecule has 3 heterocycles. The fourth-order valence-corrected chi connectivity index (χ4v) is 2.55. The summed E-state index contributed by atoms with van der Waals surface area (Å²) in [6.07, 6.45) is 3.31. The van der Waals surface area contributed by atoms with Crippen molar-refractivity contribution in [1.82, 2.24) is 20.4 Å². The molecule has 1 N–H and O–H groups in total. The third-order valence-corrected chi connectivity index (χ3v) is 3.97. The molecule has 1 amide bonds. The highest BCUT2D eigenvalue weighted by Crippen LogP contribution is 2.14. The van der Waals surface area contributed by atoms with E-state index in [1.165, 1.54) is 11.3 Å². The average molecular weight is 358 g/mol. The van der Waals surface area contributed by atoms with E-state index in [1.54, 1.807) is 36.7 Å². The summed E-state index contributed by atoms with van der Waals surface area (Å²) in [6, 6.07) is 7.06. The Hall–Kier alpha value is -3.07. The van der Waals surface area contributed by atoms with Crippen molar-refractivity contribution < 1.29 is 18.8 Å². The van der Waals surface area contributed by atoms with Crippen LogP contribution in [0.5, 0.6) is 0 Å². The quantitative estimate of drug-likeness (QED) is 0.644. The molecule has 3 aromatic rings. The van der Waals surface area contributed by atoms with E-state index in [4.69, 9.17) is 9.26 Å². The molecular formula is C16H14N4O4S. The molecule has 8 nitrogen and oxygen atoms in total. The highest BCUT2D eigenvalue weighted by molar-refractivity contribution is 7.12. The van der Waals surface area contributed by atoms with E-state index in [0.29, 0.717) is 16.3 Å². The number of carbonyl (C=O) groups excluding carboxylic acids is 2. The zero-order valence-electron chi connectivity index (χ0n) is 13.0. The van der Waals surface area contributed by atoms with E-state index >= 15 is 0 Å².